The van der Waals surface area contributed by atoms with Gasteiger partial charge in [-0.15, -0.1) is 0 Å². The molecule has 1 saturated heterocycles. The lowest BCUT2D eigenvalue weighted by atomic mass is 9.97. The maximum atomic E-state index is 12.5. The van der Waals surface area contributed by atoms with E-state index < -0.39 is 0 Å². The highest BCUT2D eigenvalue weighted by Crippen LogP contribution is 2.32. The summed E-state index contributed by atoms with van der Waals surface area (Å²) in [4.78, 5) is 21.0. The van der Waals surface area contributed by atoms with Gasteiger partial charge < -0.3 is 14.2 Å². The van der Waals surface area contributed by atoms with E-state index in [0.717, 1.165) is 58.7 Å². The van der Waals surface area contributed by atoms with Crippen molar-refractivity contribution in [1.29, 1.82) is 0 Å². The van der Waals surface area contributed by atoms with Gasteiger partial charge in [0.05, 0.1) is 17.5 Å². The first-order chi connectivity index (χ1) is 15.2. The van der Waals surface area contributed by atoms with Gasteiger partial charge in [-0.1, -0.05) is 6.07 Å². The Hall–Kier alpha value is -2.71. The summed E-state index contributed by atoms with van der Waals surface area (Å²) in [6, 6.07) is 13.5. The third-order valence-corrected chi connectivity index (χ3v) is 5.99. The number of benzene rings is 1. The molecule has 0 spiro atoms. The lowest BCUT2D eigenvalue weighted by Crippen LogP contribution is -2.29. The standard InChI is InChI=1S/C23H22BrN3O4/c24-21-5-1-3-16(25-21)13-30-17-6-7-19-15(11-17)8-9-27-20(19)12-22(26-23(27)28)31-14-18-4-2-10-29-18/h1,3,5-7,11-12,18H,2,4,8-10,13-14H2. The van der Waals surface area contributed by atoms with Crippen LogP contribution in [0.25, 0.3) is 11.3 Å². The number of aryl methyl sites for hydroxylation is 1. The second-order valence-corrected chi connectivity index (χ2v) is 8.48. The van der Waals surface area contributed by atoms with Crippen molar-refractivity contribution in [1.82, 2.24) is 14.5 Å². The summed E-state index contributed by atoms with van der Waals surface area (Å²) < 4.78 is 19.8. The summed E-state index contributed by atoms with van der Waals surface area (Å²) in [5.41, 5.74) is 3.52. The molecule has 0 N–H and O–H groups in total. The molecular formula is C23H22BrN3O4. The van der Waals surface area contributed by atoms with Gasteiger partial charge in [0.15, 0.2) is 0 Å². The zero-order valence-electron chi connectivity index (χ0n) is 16.9. The predicted octanol–water partition coefficient (Wildman–Crippen LogP) is 3.76. The molecule has 8 heteroatoms. The fraction of sp³-hybridized carbons (Fsp3) is 0.348. The van der Waals surface area contributed by atoms with Crippen LogP contribution in [-0.4, -0.2) is 33.9 Å². The SMILES string of the molecule is O=c1nc(OCC2CCCO2)cc2n1CCc1cc(OCc3cccc(Br)n3)ccc1-2. The Morgan fingerprint density at radius 1 is 1.16 bits per heavy atom. The van der Waals surface area contributed by atoms with Crippen molar-refractivity contribution >= 4 is 15.9 Å². The molecule has 2 aromatic heterocycles. The first-order valence-corrected chi connectivity index (χ1v) is 11.2. The Kier molecular flexibility index (Phi) is 5.74. The van der Waals surface area contributed by atoms with Gasteiger partial charge in [0.1, 0.15) is 23.6 Å². The Bertz CT molecular complexity index is 1160. The molecule has 0 amide bonds. The van der Waals surface area contributed by atoms with Gasteiger partial charge in [-0.3, -0.25) is 4.57 Å². The maximum Gasteiger partial charge on any atom is 0.351 e. The number of halogens is 1. The number of hydrogen-bond acceptors (Lipinski definition) is 6. The van der Waals surface area contributed by atoms with Crippen molar-refractivity contribution in [3.63, 3.8) is 0 Å². The topological polar surface area (TPSA) is 75.5 Å². The van der Waals surface area contributed by atoms with Crippen LogP contribution in [0.4, 0.5) is 0 Å². The molecule has 0 aliphatic carbocycles. The molecule has 0 saturated carbocycles. The average molecular weight is 484 g/mol. The molecule has 3 aromatic rings. The van der Waals surface area contributed by atoms with Crippen LogP contribution >= 0.6 is 15.9 Å². The smallest absolute Gasteiger partial charge is 0.351 e. The molecule has 2 aliphatic heterocycles. The van der Waals surface area contributed by atoms with Gasteiger partial charge in [-0.25, -0.2) is 9.78 Å². The maximum absolute atomic E-state index is 12.5. The Morgan fingerprint density at radius 2 is 2.10 bits per heavy atom. The van der Waals surface area contributed by atoms with Gasteiger partial charge in [-0.05, 0) is 71.1 Å². The van der Waals surface area contributed by atoms with E-state index in [0.29, 0.717) is 25.6 Å². The van der Waals surface area contributed by atoms with Gasteiger partial charge in [0.25, 0.3) is 0 Å². The number of pyridine rings is 1. The number of fused-ring (bicyclic) bond motifs is 3. The second-order valence-electron chi connectivity index (χ2n) is 7.67. The van der Waals surface area contributed by atoms with Crippen LogP contribution in [0, 0.1) is 0 Å². The minimum absolute atomic E-state index is 0.0762. The molecule has 2 aliphatic rings. The molecule has 0 bridgehead atoms. The lowest BCUT2D eigenvalue weighted by molar-refractivity contribution is 0.0661. The Labute approximate surface area is 188 Å². The van der Waals surface area contributed by atoms with E-state index in [9.17, 15) is 4.79 Å². The summed E-state index contributed by atoms with van der Waals surface area (Å²) in [6.07, 6.45) is 2.84. The van der Waals surface area contributed by atoms with E-state index in [2.05, 4.69) is 25.9 Å². The highest BCUT2D eigenvalue weighted by molar-refractivity contribution is 9.10. The van der Waals surface area contributed by atoms with Crippen molar-refractivity contribution in [2.24, 2.45) is 0 Å². The average Bonchev–Trinajstić information content (AvgIpc) is 3.30. The van der Waals surface area contributed by atoms with Crippen molar-refractivity contribution in [2.75, 3.05) is 13.2 Å². The molecule has 5 rings (SSSR count). The molecule has 7 nitrogen and oxygen atoms in total. The molecule has 1 fully saturated rings. The number of aromatic nitrogens is 3. The van der Waals surface area contributed by atoms with E-state index in [1.807, 2.05) is 42.5 Å². The Balaban J connectivity index is 1.35. The number of hydrogen-bond donors (Lipinski definition) is 0. The lowest BCUT2D eigenvalue weighted by Gasteiger charge is -2.22. The van der Waals surface area contributed by atoms with E-state index in [1.54, 1.807) is 4.57 Å². The van der Waals surface area contributed by atoms with Crippen molar-refractivity contribution in [3.8, 4) is 22.9 Å². The molecule has 0 radical (unpaired) electrons. The first-order valence-electron chi connectivity index (χ1n) is 10.4. The third-order valence-electron chi connectivity index (χ3n) is 5.55. The van der Waals surface area contributed by atoms with Gasteiger partial charge in [0, 0.05) is 24.8 Å². The largest absolute Gasteiger partial charge is 0.487 e. The molecule has 1 unspecified atom stereocenters. The van der Waals surface area contributed by atoms with Crippen LogP contribution in [0.5, 0.6) is 11.6 Å². The number of rotatable bonds is 6. The van der Waals surface area contributed by atoms with Gasteiger partial charge >= 0.3 is 5.69 Å². The van der Waals surface area contributed by atoms with Crippen LogP contribution in [0.2, 0.25) is 0 Å². The van der Waals surface area contributed by atoms with Crippen LogP contribution < -0.4 is 15.2 Å². The zero-order chi connectivity index (χ0) is 21.2. The minimum atomic E-state index is -0.286. The van der Waals surface area contributed by atoms with E-state index in [1.165, 1.54) is 0 Å². The first kappa shape index (κ1) is 20.2. The fourth-order valence-corrected chi connectivity index (χ4v) is 4.37. The summed E-state index contributed by atoms with van der Waals surface area (Å²) in [5.74, 6) is 1.13. The van der Waals surface area contributed by atoms with Crippen LogP contribution in [-0.2, 0) is 24.3 Å². The molecule has 1 atom stereocenters. The van der Waals surface area contributed by atoms with Gasteiger partial charge in [0.2, 0.25) is 5.88 Å². The van der Waals surface area contributed by atoms with Crippen LogP contribution in [0.1, 0.15) is 24.1 Å². The quantitative estimate of drug-likeness (QED) is 0.496. The zero-order valence-corrected chi connectivity index (χ0v) is 18.5. The van der Waals surface area contributed by atoms with Crippen LogP contribution in [0.3, 0.4) is 0 Å². The fourth-order valence-electron chi connectivity index (χ4n) is 3.99. The van der Waals surface area contributed by atoms with E-state index >= 15 is 0 Å². The normalized spacial score (nSPS) is 17.1. The molecule has 160 valence electrons. The van der Waals surface area contributed by atoms with Crippen molar-refractivity contribution in [2.45, 2.75) is 38.5 Å². The molecule has 31 heavy (non-hydrogen) atoms. The second kappa shape index (κ2) is 8.80. The summed E-state index contributed by atoms with van der Waals surface area (Å²) >= 11 is 3.38. The minimum Gasteiger partial charge on any atom is -0.487 e. The summed E-state index contributed by atoms with van der Waals surface area (Å²) in [7, 11) is 0. The van der Waals surface area contributed by atoms with Crippen LogP contribution in [0.15, 0.2) is 51.9 Å². The number of nitrogens with zero attached hydrogens (tertiary/aromatic N) is 3. The van der Waals surface area contributed by atoms with Gasteiger partial charge in [-0.2, -0.15) is 4.98 Å². The highest BCUT2D eigenvalue weighted by atomic mass is 79.9. The molecular weight excluding hydrogens is 462 g/mol. The van der Waals surface area contributed by atoms with E-state index in [4.69, 9.17) is 14.2 Å². The highest BCUT2D eigenvalue weighted by Gasteiger charge is 2.21. The molecule has 4 heterocycles. The number of ether oxygens (including phenoxy) is 3. The Morgan fingerprint density at radius 3 is 2.94 bits per heavy atom. The third kappa shape index (κ3) is 4.50. The van der Waals surface area contributed by atoms with Crippen molar-refractivity contribution in [3.05, 3.63) is 68.8 Å². The molecule has 1 aromatic carbocycles. The van der Waals surface area contributed by atoms with Crippen molar-refractivity contribution < 1.29 is 14.2 Å². The predicted molar refractivity (Wildman–Crippen MR) is 118 cm³/mol. The summed E-state index contributed by atoms with van der Waals surface area (Å²) in [5, 5.41) is 0. The monoisotopic (exact) mass is 483 g/mol. The summed E-state index contributed by atoms with van der Waals surface area (Å²) in [6.45, 7) is 2.15. The van der Waals surface area contributed by atoms with E-state index in [-0.39, 0.29) is 11.8 Å².